The van der Waals surface area contributed by atoms with Crippen molar-refractivity contribution in [1.29, 1.82) is 0 Å². The molecule has 0 heterocycles. The van der Waals surface area contributed by atoms with Crippen LogP contribution in [0.15, 0.2) is 164 Å². The van der Waals surface area contributed by atoms with Crippen LogP contribution in [0, 0.1) is 0 Å². The van der Waals surface area contributed by atoms with Gasteiger partial charge in [0.1, 0.15) is 0 Å². The summed E-state index contributed by atoms with van der Waals surface area (Å²) < 4.78 is 0. The molecule has 7 aromatic rings. The first-order chi connectivity index (χ1) is 22.8. The zero-order valence-corrected chi connectivity index (χ0v) is 26.2. The Kier molecular flexibility index (Phi) is 7.40. The lowest BCUT2D eigenvalue weighted by atomic mass is 9.79. The van der Waals surface area contributed by atoms with Crippen LogP contribution in [-0.2, 0) is 6.42 Å². The molecule has 0 saturated heterocycles. The largest absolute Gasteiger partial charge is 0.0757 e. The van der Waals surface area contributed by atoms with Crippen LogP contribution in [0.3, 0.4) is 0 Å². The number of benzene rings is 7. The van der Waals surface area contributed by atoms with Gasteiger partial charge < -0.3 is 0 Å². The van der Waals surface area contributed by atoms with E-state index in [9.17, 15) is 0 Å². The van der Waals surface area contributed by atoms with E-state index >= 15 is 0 Å². The van der Waals surface area contributed by atoms with E-state index < -0.39 is 0 Å². The summed E-state index contributed by atoms with van der Waals surface area (Å²) in [5.74, 6) is 0. The Bertz CT molecular complexity index is 2250. The molecule has 0 unspecified atom stereocenters. The van der Waals surface area contributed by atoms with Gasteiger partial charge in [-0.2, -0.15) is 0 Å². The molecule has 220 valence electrons. The maximum Gasteiger partial charge on any atom is -0.00199 e. The first-order valence-electron chi connectivity index (χ1n) is 16.5. The standard InChI is InChI=1S/C46H36/c1-2-32-25-27-33(28-26-32)36-29-30-43-44(31-36)46(40-22-12-10-20-38(40)35-17-7-4-8-18-35)42-24-14-13-23-41(42)45(43)39-21-11-9-19-37(39)34-15-5-3-6-16-34/h3-8,10,12-31H,2,9,11H2,1H3. The molecule has 7 aromatic carbocycles. The highest BCUT2D eigenvalue weighted by Gasteiger charge is 2.23. The predicted molar refractivity (Wildman–Crippen MR) is 199 cm³/mol. The van der Waals surface area contributed by atoms with Gasteiger partial charge in [0.2, 0.25) is 0 Å². The van der Waals surface area contributed by atoms with Gasteiger partial charge in [-0.15, -0.1) is 0 Å². The highest BCUT2D eigenvalue weighted by Crippen LogP contribution is 2.48. The molecular weight excluding hydrogens is 553 g/mol. The Hall–Kier alpha value is -5.46. The molecule has 0 amide bonds. The fourth-order valence-corrected chi connectivity index (χ4v) is 7.24. The zero-order valence-electron chi connectivity index (χ0n) is 26.2. The summed E-state index contributed by atoms with van der Waals surface area (Å²) >= 11 is 0. The summed E-state index contributed by atoms with van der Waals surface area (Å²) in [6.45, 7) is 2.21. The van der Waals surface area contributed by atoms with Crippen molar-refractivity contribution in [2.24, 2.45) is 0 Å². The zero-order chi connectivity index (χ0) is 30.9. The summed E-state index contributed by atoms with van der Waals surface area (Å²) in [5.41, 5.74) is 14.2. The number of hydrogen-bond donors (Lipinski definition) is 0. The molecule has 0 aromatic heterocycles. The van der Waals surface area contributed by atoms with Crippen LogP contribution in [0.5, 0.6) is 0 Å². The molecule has 0 fully saturated rings. The first-order valence-corrected chi connectivity index (χ1v) is 16.5. The van der Waals surface area contributed by atoms with Gasteiger partial charge in [0.25, 0.3) is 0 Å². The Balaban J connectivity index is 1.48. The molecular formula is C46H36. The van der Waals surface area contributed by atoms with Gasteiger partial charge in [0.15, 0.2) is 0 Å². The third-order valence-electron chi connectivity index (χ3n) is 9.51. The van der Waals surface area contributed by atoms with Gasteiger partial charge in [-0.25, -0.2) is 0 Å². The van der Waals surface area contributed by atoms with Crippen LogP contribution in [-0.4, -0.2) is 0 Å². The van der Waals surface area contributed by atoms with E-state index in [0.29, 0.717) is 0 Å². The van der Waals surface area contributed by atoms with Crippen LogP contribution in [0.1, 0.15) is 36.5 Å². The van der Waals surface area contributed by atoms with E-state index in [2.05, 4.69) is 171 Å². The summed E-state index contributed by atoms with van der Waals surface area (Å²) in [5, 5.41) is 5.15. The van der Waals surface area contributed by atoms with Gasteiger partial charge in [0, 0.05) is 0 Å². The predicted octanol–water partition coefficient (Wildman–Crippen LogP) is 12.8. The van der Waals surface area contributed by atoms with Gasteiger partial charge in [-0.05, 0) is 108 Å². The third kappa shape index (κ3) is 4.97. The minimum absolute atomic E-state index is 1.04. The summed E-state index contributed by atoms with van der Waals surface area (Å²) in [7, 11) is 0. The quantitative estimate of drug-likeness (QED) is 0.170. The Morgan fingerprint density at radius 3 is 1.63 bits per heavy atom. The van der Waals surface area contributed by atoms with Crippen LogP contribution in [0.25, 0.3) is 66.1 Å². The second kappa shape index (κ2) is 12.1. The molecule has 0 spiro atoms. The van der Waals surface area contributed by atoms with Crippen molar-refractivity contribution in [2.45, 2.75) is 26.2 Å². The number of fused-ring (bicyclic) bond motifs is 2. The molecule has 0 bridgehead atoms. The van der Waals surface area contributed by atoms with Crippen LogP contribution in [0.4, 0.5) is 0 Å². The maximum absolute atomic E-state index is 2.47. The van der Waals surface area contributed by atoms with Crippen molar-refractivity contribution in [3.05, 3.63) is 181 Å². The fraction of sp³-hybridized carbons (Fsp3) is 0.0870. The van der Waals surface area contributed by atoms with E-state index in [0.717, 1.165) is 19.3 Å². The highest BCUT2D eigenvalue weighted by molar-refractivity contribution is 6.25. The molecule has 0 radical (unpaired) electrons. The monoisotopic (exact) mass is 588 g/mol. The third-order valence-corrected chi connectivity index (χ3v) is 9.51. The Morgan fingerprint density at radius 2 is 0.935 bits per heavy atom. The van der Waals surface area contributed by atoms with E-state index in [4.69, 9.17) is 0 Å². The smallest absolute Gasteiger partial charge is 0.00199 e. The van der Waals surface area contributed by atoms with Gasteiger partial charge in [-0.1, -0.05) is 165 Å². The molecule has 46 heavy (non-hydrogen) atoms. The lowest BCUT2D eigenvalue weighted by Gasteiger charge is -2.24. The second-order valence-corrected chi connectivity index (χ2v) is 12.2. The van der Waals surface area contributed by atoms with Crippen molar-refractivity contribution in [3.63, 3.8) is 0 Å². The fourth-order valence-electron chi connectivity index (χ4n) is 7.24. The molecule has 0 saturated carbocycles. The van der Waals surface area contributed by atoms with Crippen molar-refractivity contribution in [2.75, 3.05) is 0 Å². The lowest BCUT2D eigenvalue weighted by Crippen LogP contribution is -2.00. The van der Waals surface area contributed by atoms with Gasteiger partial charge >= 0.3 is 0 Å². The molecule has 0 N–H and O–H groups in total. The van der Waals surface area contributed by atoms with Crippen LogP contribution < -0.4 is 0 Å². The van der Waals surface area contributed by atoms with Crippen molar-refractivity contribution < 1.29 is 0 Å². The number of aryl methyl sites for hydroxylation is 1. The average molecular weight is 589 g/mol. The first kappa shape index (κ1) is 28.0. The minimum atomic E-state index is 1.04. The number of rotatable bonds is 6. The molecule has 0 atom stereocenters. The van der Waals surface area contributed by atoms with E-state index in [1.54, 1.807) is 0 Å². The Labute approximate surface area is 272 Å². The van der Waals surface area contributed by atoms with Gasteiger partial charge in [-0.3, -0.25) is 0 Å². The van der Waals surface area contributed by atoms with E-state index in [1.165, 1.54) is 82.8 Å². The molecule has 0 aliphatic heterocycles. The number of hydrogen-bond acceptors (Lipinski definition) is 0. The van der Waals surface area contributed by atoms with Crippen molar-refractivity contribution in [1.82, 2.24) is 0 Å². The lowest BCUT2D eigenvalue weighted by molar-refractivity contribution is 1.04. The van der Waals surface area contributed by atoms with Gasteiger partial charge in [0.05, 0.1) is 0 Å². The minimum Gasteiger partial charge on any atom is -0.0757 e. The van der Waals surface area contributed by atoms with E-state index in [1.807, 2.05) is 0 Å². The SMILES string of the molecule is CCc1ccc(-c2ccc3c(C4=CCCC=C4c4ccccc4)c4ccccc4c(-c4ccccc4-c4ccccc4)c3c2)cc1. The molecule has 1 aliphatic carbocycles. The normalized spacial score (nSPS) is 13.1. The number of allylic oxidation sites excluding steroid dienone is 4. The molecule has 1 aliphatic rings. The van der Waals surface area contributed by atoms with Crippen molar-refractivity contribution in [3.8, 4) is 33.4 Å². The molecule has 0 nitrogen and oxygen atoms in total. The molecule has 0 heteroatoms. The van der Waals surface area contributed by atoms with Crippen LogP contribution >= 0.6 is 0 Å². The summed E-state index contributed by atoms with van der Waals surface area (Å²) in [6, 6.07) is 55.9. The van der Waals surface area contributed by atoms with Crippen LogP contribution in [0.2, 0.25) is 0 Å². The average Bonchev–Trinajstić information content (AvgIpc) is 3.14. The maximum atomic E-state index is 2.47. The topological polar surface area (TPSA) is 0 Å². The highest BCUT2D eigenvalue weighted by atomic mass is 14.3. The second-order valence-electron chi connectivity index (χ2n) is 12.2. The summed E-state index contributed by atoms with van der Waals surface area (Å²) in [6.07, 6.45) is 8.05. The van der Waals surface area contributed by atoms with E-state index in [-0.39, 0.29) is 0 Å². The summed E-state index contributed by atoms with van der Waals surface area (Å²) in [4.78, 5) is 0. The Morgan fingerprint density at radius 1 is 0.391 bits per heavy atom. The van der Waals surface area contributed by atoms with Crippen molar-refractivity contribution >= 4 is 32.7 Å². The molecule has 8 rings (SSSR count).